The largest absolute Gasteiger partial charge is 0.480 e. The molecule has 13 nitrogen and oxygen atoms in total. The van der Waals surface area contributed by atoms with Crippen molar-refractivity contribution in [3.63, 3.8) is 0 Å². The van der Waals surface area contributed by atoms with Crippen molar-refractivity contribution >= 4 is 18.0 Å². The van der Waals surface area contributed by atoms with Gasteiger partial charge in [0.1, 0.15) is 12.6 Å². The minimum absolute atomic E-state index is 0.0635. The first-order valence-corrected chi connectivity index (χ1v) is 15.5. The summed E-state index contributed by atoms with van der Waals surface area (Å²) in [5.74, 6) is -1.74. The fraction of sp³-hybridized carbons (Fsp3) is 0.545. The predicted octanol–water partition coefficient (Wildman–Crippen LogP) is 2.60. The molecule has 3 rings (SSSR count). The van der Waals surface area contributed by atoms with Crippen LogP contribution in [0.15, 0.2) is 48.5 Å². The van der Waals surface area contributed by atoms with Gasteiger partial charge in [-0.2, -0.15) is 0 Å². The molecule has 0 spiro atoms. The molecule has 2 aromatic rings. The summed E-state index contributed by atoms with van der Waals surface area (Å²) < 4.78 is 37.3. The second-order valence-corrected chi connectivity index (χ2v) is 10.3. The summed E-state index contributed by atoms with van der Waals surface area (Å²) in [6.07, 6.45) is -1.02. The Labute approximate surface area is 269 Å². The Kier molecular flexibility index (Phi) is 17.7. The van der Waals surface area contributed by atoms with Crippen LogP contribution in [0.4, 0.5) is 4.79 Å². The van der Waals surface area contributed by atoms with Crippen LogP contribution in [-0.4, -0.2) is 122 Å². The molecule has 0 aliphatic heterocycles. The van der Waals surface area contributed by atoms with Crippen molar-refractivity contribution in [1.29, 1.82) is 0 Å². The Morgan fingerprint density at radius 3 is 1.70 bits per heavy atom. The molecule has 1 atom stereocenters. The topological polar surface area (TPSA) is 160 Å². The van der Waals surface area contributed by atoms with Crippen LogP contribution in [0.1, 0.15) is 29.9 Å². The molecule has 0 saturated heterocycles. The molecule has 1 aliphatic carbocycles. The van der Waals surface area contributed by atoms with Crippen molar-refractivity contribution < 1.29 is 52.6 Å². The SMILES string of the molecule is COCCOCCOCCOCCOCCOCCNC(=O)CCC(NC(=O)OCC1c2ccccc2-c2ccccc21)C(=O)O. The highest BCUT2D eigenvalue weighted by molar-refractivity contribution is 5.82. The van der Waals surface area contributed by atoms with Crippen LogP contribution in [0.25, 0.3) is 11.1 Å². The summed E-state index contributed by atoms with van der Waals surface area (Å²) in [5, 5.41) is 14.6. The lowest BCUT2D eigenvalue weighted by atomic mass is 9.98. The number of rotatable bonds is 25. The number of amides is 2. The number of carboxylic acids is 1. The molecule has 0 bridgehead atoms. The van der Waals surface area contributed by atoms with Crippen LogP contribution < -0.4 is 10.6 Å². The van der Waals surface area contributed by atoms with Gasteiger partial charge in [0.25, 0.3) is 0 Å². The van der Waals surface area contributed by atoms with Gasteiger partial charge in [-0.3, -0.25) is 4.79 Å². The van der Waals surface area contributed by atoms with E-state index in [1.807, 2.05) is 48.5 Å². The number of hydrogen-bond donors (Lipinski definition) is 3. The van der Waals surface area contributed by atoms with Gasteiger partial charge < -0.3 is 48.9 Å². The van der Waals surface area contributed by atoms with Crippen LogP contribution >= 0.6 is 0 Å². The van der Waals surface area contributed by atoms with Crippen LogP contribution in [-0.2, 0) is 42.7 Å². The fourth-order valence-electron chi connectivity index (χ4n) is 4.79. The minimum atomic E-state index is -1.27. The van der Waals surface area contributed by atoms with Gasteiger partial charge in [-0.1, -0.05) is 48.5 Å². The van der Waals surface area contributed by atoms with E-state index in [1.54, 1.807) is 7.11 Å². The third-order valence-corrected chi connectivity index (χ3v) is 7.08. The van der Waals surface area contributed by atoms with Crippen molar-refractivity contribution in [2.75, 3.05) is 92.9 Å². The molecule has 0 radical (unpaired) electrons. The number of hydrogen-bond acceptors (Lipinski definition) is 10. The lowest BCUT2D eigenvalue weighted by Gasteiger charge is -2.17. The van der Waals surface area contributed by atoms with E-state index in [0.29, 0.717) is 66.1 Å². The third kappa shape index (κ3) is 13.4. The monoisotopic (exact) mass is 646 g/mol. The molecule has 2 amide bonds. The molecule has 0 saturated carbocycles. The number of aliphatic carboxylic acids is 1. The summed E-state index contributed by atoms with van der Waals surface area (Å²) in [7, 11) is 1.63. The van der Waals surface area contributed by atoms with Crippen molar-refractivity contribution in [3.05, 3.63) is 59.7 Å². The molecule has 13 heteroatoms. The third-order valence-electron chi connectivity index (χ3n) is 7.08. The van der Waals surface area contributed by atoms with Crippen molar-refractivity contribution in [2.24, 2.45) is 0 Å². The summed E-state index contributed by atoms with van der Waals surface area (Å²) in [5.41, 5.74) is 4.30. The summed E-state index contributed by atoms with van der Waals surface area (Å²) >= 11 is 0. The van der Waals surface area contributed by atoms with Crippen LogP contribution in [0.5, 0.6) is 0 Å². The maximum absolute atomic E-state index is 12.5. The minimum Gasteiger partial charge on any atom is -0.480 e. The molecule has 1 aliphatic rings. The summed E-state index contributed by atoms with van der Waals surface area (Å²) in [6, 6.07) is 14.6. The van der Waals surface area contributed by atoms with Gasteiger partial charge in [-0.05, 0) is 28.7 Å². The Morgan fingerprint density at radius 1 is 0.717 bits per heavy atom. The average molecular weight is 647 g/mol. The number of carbonyl (C=O) groups is 3. The molecule has 46 heavy (non-hydrogen) atoms. The van der Waals surface area contributed by atoms with E-state index in [2.05, 4.69) is 10.6 Å². The first kappa shape index (κ1) is 36.9. The van der Waals surface area contributed by atoms with Crippen LogP contribution in [0, 0.1) is 0 Å². The van der Waals surface area contributed by atoms with Gasteiger partial charge in [0.15, 0.2) is 0 Å². The van der Waals surface area contributed by atoms with Crippen LogP contribution in [0.2, 0.25) is 0 Å². The zero-order valence-electron chi connectivity index (χ0n) is 26.4. The van der Waals surface area contributed by atoms with Crippen molar-refractivity contribution in [1.82, 2.24) is 10.6 Å². The van der Waals surface area contributed by atoms with Gasteiger partial charge >= 0.3 is 12.1 Å². The Morgan fingerprint density at radius 2 is 1.20 bits per heavy atom. The Hall–Kier alpha value is -3.59. The molecule has 0 aromatic heterocycles. The standard InChI is InChI=1S/C33H46N2O11/c1-40-14-15-42-18-19-44-22-23-45-21-20-43-17-16-41-13-12-34-31(36)11-10-30(32(37)38)35-33(39)46-24-29-27-8-4-2-6-25(27)26-7-3-5-9-28(26)29/h2-9,29-30H,10-24H2,1H3,(H,34,36)(H,35,39)(H,37,38). The van der Waals surface area contributed by atoms with E-state index >= 15 is 0 Å². The number of carboxylic acid groups (broad SMARTS) is 1. The molecule has 1 unspecified atom stereocenters. The van der Waals surface area contributed by atoms with E-state index in [-0.39, 0.29) is 44.4 Å². The fourth-order valence-corrected chi connectivity index (χ4v) is 4.79. The first-order valence-electron chi connectivity index (χ1n) is 15.5. The highest BCUT2D eigenvalue weighted by Crippen LogP contribution is 2.44. The average Bonchev–Trinajstić information content (AvgIpc) is 3.38. The second-order valence-electron chi connectivity index (χ2n) is 10.3. The van der Waals surface area contributed by atoms with Gasteiger partial charge in [0, 0.05) is 26.0 Å². The molecular weight excluding hydrogens is 600 g/mol. The van der Waals surface area contributed by atoms with Crippen LogP contribution in [0.3, 0.4) is 0 Å². The van der Waals surface area contributed by atoms with E-state index in [0.717, 1.165) is 22.3 Å². The number of carbonyl (C=O) groups excluding carboxylic acids is 2. The number of fused-ring (bicyclic) bond motifs is 3. The zero-order valence-corrected chi connectivity index (χ0v) is 26.4. The van der Waals surface area contributed by atoms with Gasteiger partial charge in [0.05, 0.1) is 72.7 Å². The van der Waals surface area contributed by atoms with Gasteiger partial charge in [-0.15, -0.1) is 0 Å². The Bertz CT molecular complexity index is 1150. The summed E-state index contributed by atoms with van der Waals surface area (Å²) in [6.45, 7) is 5.29. The number of alkyl carbamates (subject to hydrolysis) is 1. The normalized spacial score (nSPS) is 12.7. The Balaban J connectivity index is 1.18. The molecule has 0 fully saturated rings. The highest BCUT2D eigenvalue weighted by Gasteiger charge is 2.29. The predicted molar refractivity (Wildman–Crippen MR) is 168 cm³/mol. The zero-order chi connectivity index (χ0) is 32.8. The molecule has 3 N–H and O–H groups in total. The van der Waals surface area contributed by atoms with Gasteiger partial charge in [0.2, 0.25) is 5.91 Å². The number of nitrogens with one attached hydrogen (secondary N) is 2. The van der Waals surface area contributed by atoms with E-state index in [1.165, 1.54) is 0 Å². The van der Waals surface area contributed by atoms with E-state index in [4.69, 9.17) is 33.2 Å². The molecule has 0 heterocycles. The second kappa shape index (κ2) is 22.0. The van der Waals surface area contributed by atoms with Crippen molar-refractivity contribution in [2.45, 2.75) is 24.8 Å². The lowest BCUT2D eigenvalue weighted by molar-refractivity contribution is -0.139. The lowest BCUT2D eigenvalue weighted by Crippen LogP contribution is -2.42. The molecular formula is C33H46N2O11. The van der Waals surface area contributed by atoms with E-state index < -0.39 is 18.1 Å². The van der Waals surface area contributed by atoms with Crippen molar-refractivity contribution in [3.8, 4) is 11.1 Å². The van der Waals surface area contributed by atoms with E-state index in [9.17, 15) is 19.5 Å². The molecule has 254 valence electrons. The van der Waals surface area contributed by atoms with Gasteiger partial charge in [-0.25, -0.2) is 9.59 Å². The number of methoxy groups -OCH3 is 1. The maximum atomic E-state index is 12.5. The first-order chi connectivity index (χ1) is 22.5. The maximum Gasteiger partial charge on any atom is 0.407 e. The highest BCUT2D eigenvalue weighted by atomic mass is 16.6. The number of ether oxygens (including phenoxy) is 7. The quantitative estimate of drug-likeness (QED) is 0.136. The smallest absolute Gasteiger partial charge is 0.407 e. The molecule has 2 aromatic carbocycles. The number of benzene rings is 2. The summed E-state index contributed by atoms with van der Waals surface area (Å²) in [4.78, 5) is 36.4.